The molecule has 1 heterocycles. The van der Waals surface area contributed by atoms with Gasteiger partial charge in [-0.2, -0.15) is 5.10 Å². The molecule has 0 saturated carbocycles. The largest absolute Gasteiger partial charge is 0.389 e. The Hall–Kier alpha value is -2.46. The molecule has 4 rings (SSSR count). The van der Waals surface area contributed by atoms with E-state index in [9.17, 15) is 9.50 Å². The number of aliphatic hydroxyl groups is 1. The number of rotatable bonds is 3. The minimum absolute atomic E-state index is 0.205. The predicted molar refractivity (Wildman–Crippen MR) is 86.7 cm³/mol. The summed E-state index contributed by atoms with van der Waals surface area (Å²) < 4.78 is 13.4. The first-order valence-corrected chi connectivity index (χ1v) is 7.73. The molecular formula is C19H17FN2O. The highest BCUT2D eigenvalue weighted by atomic mass is 19.1. The molecule has 2 N–H and O–H groups in total. The van der Waals surface area contributed by atoms with E-state index in [0.29, 0.717) is 6.42 Å². The first kappa shape index (κ1) is 14.2. The lowest BCUT2D eigenvalue weighted by Crippen LogP contribution is -1.97. The summed E-state index contributed by atoms with van der Waals surface area (Å²) in [7, 11) is 0. The lowest BCUT2D eigenvalue weighted by Gasteiger charge is -2.07. The average Bonchev–Trinajstić information content (AvgIpc) is 3.07. The van der Waals surface area contributed by atoms with Crippen LogP contribution in [0.4, 0.5) is 4.39 Å². The van der Waals surface area contributed by atoms with E-state index >= 15 is 0 Å². The highest BCUT2D eigenvalue weighted by Gasteiger charge is 2.24. The van der Waals surface area contributed by atoms with Crippen LogP contribution in [-0.4, -0.2) is 15.3 Å². The Morgan fingerprint density at radius 2 is 2.13 bits per heavy atom. The minimum atomic E-state index is -0.477. The van der Waals surface area contributed by atoms with Crippen LogP contribution >= 0.6 is 0 Å². The number of halogens is 1. The maximum atomic E-state index is 13.4. The molecule has 4 heteroatoms. The van der Waals surface area contributed by atoms with Gasteiger partial charge in [-0.25, -0.2) is 4.39 Å². The second kappa shape index (κ2) is 5.32. The van der Waals surface area contributed by atoms with Gasteiger partial charge in [-0.3, -0.25) is 5.10 Å². The average molecular weight is 308 g/mol. The molecule has 0 fully saturated rings. The molecular weight excluding hydrogens is 291 g/mol. The zero-order valence-electron chi connectivity index (χ0n) is 12.8. The SMILES string of the molecule is CC(O)c1cccc(Cc2[nH]nc3c2Cc2cc(F)ccc2-3)c1. The molecule has 0 radical (unpaired) electrons. The van der Waals surface area contributed by atoms with Crippen molar-refractivity contribution in [3.05, 3.63) is 76.2 Å². The fourth-order valence-electron chi connectivity index (χ4n) is 3.26. The van der Waals surface area contributed by atoms with Crippen molar-refractivity contribution >= 4 is 0 Å². The smallest absolute Gasteiger partial charge is 0.123 e. The number of nitrogens with zero attached hydrogens (tertiary/aromatic N) is 1. The van der Waals surface area contributed by atoms with E-state index in [1.807, 2.05) is 24.3 Å². The molecule has 0 bridgehead atoms. The zero-order chi connectivity index (χ0) is 16.0. The highest BCUT2D eigenvalue weighted by molar-refractivity contribution is 5.74. The van der Waals surface area contributed by atoms with E-state index in [-0.39, 0.29) is 5.82 Å². The van der Waals surface area contributed by atoms with Crippen molar-refractivity contribution in [3.8, 4) is 11.3 Å². The fourth-order valence-corrected chi connectivity index (χ4v) is 3.26. The Balaban J connectivity index is 1.66. The van der Waals surface area contributed by atoms with Gasteiger partial charge in [-0.1, -0.05) is 24.3 Å². The molecule has 0 saturated heterocycles. The van der Waals surface area contributed by atoms with Gasteiger partial charge >= 0.3 is 0 Å². The van der Waals surface area contributed by atoms with Gasteiger partial charge in [0.2, 0.25) is 0 Å². The summed E-state index contributed by atoms with van der Waals surface area (Å²) in [5, 5.41) is 17.3. The Bertz CT molecular complexity index is 883. The molecule has 1 aromatic heterocycles. The molecule has 1 unspecified atom stereocenters. The van der Waals surface area contributed by atoms with Crippen LogP contribution in [0.1, 0.15) is 41.0 Å². The topological polar surface area (TPSA) is 48.9 Å². The van der Waals surface area contributed by atoms with Crippen molar-refractivity contribution in [2.45, 2.75) is 25.9 Å². The number of aromatic nitrogens is 2. The fraction of sp³-hybridized carbons (Fsp3) is 0.211. The Kier molecular flexibility index (Phi) is 3.27. The summed E-state index contributed by atoms with van der Waals surface area (Å²) in [5.41, 5.74) is 7.17. The van der Waals surface area contributed by atoms with Gasteiger partial charge in [0.05, 0.1) is 11.8 Å². The zero-order valence-corrected chi connectivity index (χ0v) is 12.8. The van der Waals surface area contributed by atoms with Gasteiger partial charge in [-0.05, 0) is 41.8 Å². The maximum Gasteiger partial charge on any atom is 0.123 e. The highest BCUT2D eigenvalue weighted by Crippen LogP contribution is 2.37. The molecule has 0 aliphatic heterocycles. The first-order chi connectivity index (χ1) is 11.1. The normalized spacial score (nSPS) is 13.7. The Morgan fingerprint density at radius 3 is 2.96 bits per heavy atom. The number of H-pyrrole nitrogens is 1. The number of hydrogen-bond acceptors (Lipinski definition) is 2. The van der Waals surface area contributed by atoms with Crippen LogP contribution in [0, 0.1) is 5.82 Å². The molecule has 2 aromatic carbocycles. The predicted octanol–water partition coefficient (Wildman–Crippen LogP) is 3.76. The third-order valence-corrected chi connectivity index (χ3v) is 4.46. The number of aliphatic hydroxyl groups excluding tert-OH is 1. The van der Waals surface area contributed by atoms with E-state index in [4.69, 9.17) is 0 Å². The third kappa shape index (κ3) is 2.45. The van der Waals surface area contributed by atoms with E-state index in [1.54, 1.807) is 19.1 Å². The molecule has 0 spiro atoms. The van der Waals surface area contributed by atoms with Crippen LogP contribution in [0.25, 0.3) is 11.3 Å². The number of nitrogens with one attached hydrogen (secondary N) is 1. The van der Waals surface area contributed by atoms with Crippen LogP contribution in [0.5, 0.6) is 0 Å². The molecule has 0 amide bonds. The first-order valence-electron chi connectivity index (χ1n) is 7.73. The molecule has 1 atom stereocenters. The molecule has 3 nitrogen and oxygen atoms in total. The number of fused-ring (bicyclic) bond motifs is 3. The van der Waals surface area contributed by atoms with Crippen molar-refractivity contribution in [3.63, 3.8) is 0 Å². The lowest BCUT2D eigenvalue weighted by molar-refractivity contribution is 0.199. The molecule has 23 heavy (non-hydrogen) atoms. The van der Waals surface area contributed by atoms with Crippen molar-refractivity contribution in [1.82, 2.24) is 10.2 Å². The number of benzene rings is 2. The van der Waals surface area contributed by atoms with Crippen LogP contribution < -0.4 is 0 Å². The van der Waals surface area contributed by atoms with Crippen LogP contribution in [-0.2, 0) is 12.8 Å². The maximum absolute atomic E-state index is 13.4. The second-order valence-corrected chi connectivity index (χ2v) is 6.11. The number of aromatic amines is 1. The van der Waals surface area contributed by atoms with E-state index in [1.165, 1.54) is 6.07 Å². The van der Waals surface area contributed by atoms with Gasteiger partial charge in [0, 0.05) is 29.7 Å². The Morgan fingerprint density at radius 1 is 1.26 bits per heavy atom. The van der Waals surface area contributed by atoms with E-state index in [0.717, 1.165) is 45.6 Å². The summed E-state index contributed by atoms with van der Waals surface area (Å²) in [5.74, 6) is -0.205. The second-order valence-electron chi connectivity index (χ2n) is 6.11. The van der Waals surface area contributed by atoms with Crippen molar-refractivity contribution < 1.29 is 9.50 Å². The summed E-state index contributed by atoms with van der Waals surface area (Å²) in [6.45, 7) is 1.76. The van der Waals surface area contributed by atoms with Crippen LogP contribution in [0.3, 0.4) is 0 Å². The number of hydrogen-bond donors (Lipinski definition) is 2. The van der Waals surface area contributed by atoms with E-state index in [2.05, 4.69) is 10.2 Å². The van der Waals surface area contributed by atoms with Crippen LogP contribution in [0.2, 0.25) is 0 Å². The summed E-state index contributed by atoms with van der Waals surface area (Å²) in [6.07, 6.45) is 0.957. The quantitative estimate of drug-likeness (QED) is 0.605. The van der Waals surface area contributed by atoms with Gasteiger partial charge in [-0.15, -0.1) is 0 Å². The lowest BCUT2D eigenvalue weighted by atomic mass is 10.0. The van der Waals surface area contributed by atoms with Gasteiger partial charge in [0.1, 0.15) is 5.82 Å². The molecule has 116 valence electrons. The summed E-state index contributed by atoms with van der Waals surface area (Å²) in [4.78, 5) is 0. The minimum Gasteiger partial charge on any atom is -0.389 e. The Labute approximate surface area is 133 Å². The van der Waals surface area contributed by atoms with Crippen molar-refractivity contribution in [2.24, 2.45) is 0 Å². The van der Waals surface area contributed by atoms with Crippen molar-refractivity contribution in [2.75, 3.05) is 0 Å². The van der Waals surface area contributed by atoms with E-state index < -0.39 is 6.10 Å². The molecule has 1 aliphatic carbocycles. The van der Waals surface area contributed by atoms with Crippen LogP contribution in [0.15, 0.2) is 42.5 Å². The third-order valence-electron chi connectivity index (χ3n) is 4.46. The molecule has 1 aliphatic rings. The van der Waals surface area contributed by atoms with Crippen molar-refractivity contribution in [1.29, 1.82) is 0 Å². The summed E-state index contributed by atoms with van der Waals surface area (Å²) in [6, 6.07) is 12.8. The van der Waals surface area contributed by atoms with Gasteiger partial charge in [0.25, 0.3) is 0 Å². The summed E-state index contributed by atoms with van der Waals surface area (Å²) >= 11 is 0. The molecule has 3 aromatic rings. The van der Waals surface area contributed by atoms with Gasteiger partial charge in [0.15, 0.2) is 0 Å². The van der Waals surface area contributed by atoms with Gasteiger partial charge < -0.3 is 5.11 Å². The standard InChI is InChI=1S/C19H17FN2O/c1-11(23)13-4-2-3-12(7-13)8-18-17-10-14-9-15(20)5-6-16(14)19(17)22-21-18/h2-7,9,11,23H,8,10H2,1H3,(H,21,22). The monoisotopic (exact) mass is 308 g/mol.